The molecular formula is C22H25N3O3. The molecule has 1 saturated heterocycles. The first-order valence-corrected chi connectivity index (χ1v) is 9.65. The Kier molecular flexibility index (Phi) is 4.81. The second kappa shape index (κ2) is 7.28. The number of hydrogen-bond acceptors (Lipinski definition) is 5. The van der Waals surface area contributed by atoms with Crippen molar-refractivity contribution in [1.82, 2.24) is 10.2 Å². The fourth-order valence-electron chi connectivity index (χ4n) is 4.19. The number of carbonyl (C=O) groups is 1. The van der Waals surface area contributed by atoms with Crippen molar-refractivity contribution in [3.05, 3.63) is 59.7 Å². The van der Waals surface area contributed by atoms with Crippen molar-refractivity contribution in [2.75, 3.05) is 13.1 Å². The molecule has 2 aliphatic heterocycles. The maximum absolute atomic E-state index is 11.7. The molecule has 0 saturated carbocycles. The van der Waals surface area contributed by atoms with Crippen LogP contribution in [0.4, 0.5) is 0 Å². The van der Waals surface area contributed by atoms with Crippen LogP contribution in [-0.4, -0.2) is 45.5 Å². The topological polar surface area (TPSA) is 85.2 Å². The van der Waals surface area contributed by atoms with E-state index in [0.29, 0.717) is 32.4 Å². The van der Waals surface area contributed by atoms with Gasteiger partial charge < -0.3 is 15.1 Å². The molecule has 1 amide bonds. The zero-order valence-corrected chi connectivity index (χ0v) is 15.9. The van der Waals surface area contributed by atoms with Gasteiger partial charge in [0.25, 0.3) is 0 Å². The quantitative estimate of drug-likeness (QED) is 0.749. The summed E-state index contributed by atoms with van der Waals surface area (Å²) in [6.45, 7) is 2.89. The van der Waals surface area contributed by atoms with Crippen LogP contribution in [0.1, 0.15) is 43.4 Å². The van der Waals surface area contributed by atoms with Crippen LogP contribution in [0, 0.1) is 0 Å². The number of phenols is 2. The Bertz CT molecular complexity index is 917. The Hall–Kier alpha value is -2.86. The van der Waals surface area contributed by atoms with Crippen LogP contribution in [-0.2, 0) is 4.79 Å². The highest BCUT2D eigenvalue weighted by Crippen LogP contribution is 2.37. The lowest BCUT2D eigenvalue weighted by molar-refractivity contribution is -0.130. The molecule has 1 fully saturated rings. The third kappa shape index (κ3) is 3.60. The first kappa shape index (κ1) is 18.5. The predicted octanol–water partition coefficient (Wildman–Crippen LogP) is 2.96. The molecule has 1 spiro atoms. The Morgan fingerprint density at radius 1 is 1.14 bits per heavy atom. The van der Waals surface area contributed by atoms with Gasteiger partial charge >= 0.3 is 0 Å². The van der Waals surface area contributed by atoms with Gasteiger partial charge in [0.15, 0.2) is 0 Å². The second-order valence-corrected chi connectivity index (χ2v) is 7.61. The van der Waals surface area contributed by atoms with Crippen molar-refractivity contribution in [1.29, 1.82) is 0 Å². The van der Waals surface area contributed by atoms with Gasteiger partial charge in [0.1, 0.15) is 17.2 Å². The molecule has 3 N–H and O–H groups in total. The maximum atomic E-state index is 11.7. The minimum atomic E-state index is -0.488. The summed E-state index contributed by atoms with van der Waals surface area (Å²) in [4.78, 5) is 18.6. The number of benzene rings is 2. The fourth-order valence-corrected chi connectivity index (χ4v) is 4.19. The van der Waals surface area contributed by atoms with Crippen LogP contribution in [0.3, 0.4) is 0 Å². The summed E-state index contributed by atoms with van der Waals surface area (Å²) in [5, 5.41) is 24.0. The molecule has 4 rings (SSSR count). The summed E-state index contributed by atoms with van der Waals surface area (Å²) < 4.78 is 0. The largest absolute Gasteiger partial charge is 0.508 e. The summed E-state index contributed by atoms with van der Waals surface area (Å²) in [6.07, 6.45) is 2.02. The smallest absolute Gasteiger partial charge is 0.219 e. The van der Waals surface area contributed by atoms with Crippen molar-refractivity contribution in [3.63, 3.8) is 0 Å². The number of para-hydroxylation sites is 1. The van der Waals surface area contributed by atoms with Crippen molar-refractivity contribution in [3.8, 4) is 11.5 Å². The van der Waals surface area contributed by atoms with E-state index in [9.17, 15) is 15.0 Å². The Morgan fingerprint density at radius 3 is 2.57 bits per heavy atom. The molecule has 6 heteroatoms. The molecule has 0 bridgehead atoms. The van der Waals surface area contributed by atoms with Crippen LogP contribution < -0.4 is 5.32 Å². The van der Waals surface area contributed by atoms with Gasteiger partial charge in [-0.25, -0.2) is 0 Å². The van der Waals surface area contributed by atoms with Gasteiger partial charge in [0.2, 0.25) is 5.91 Å². The van der Waals surface area contributed by atoms with Gasteiger partial charge in [0.05, 0.1) is 0 Å². The number of hydrogen-bond donors (Lipinski definition) is 3. The van der Waals surface area contributed by atoms with E-state index in [-0.39, 0.29) is 23.4 Å². The lowest BCUT2D eigenvalue weighted by Crippen LogP contribution is -2.56. The average Bonchev–Trinajstić information content (AvgIpc) is 2.68. The maximum Gasteiger partial charge on any atom is 0.219 e. The molecule has 146 valence electrons. The van der Waals surface area contributed by atoms with Gasteiger partial charge in [-0.05, 0) is 23.8 Å². The molecule has 6 nitrogen and oxygen atoms in total. The van der Waals surface area contributed by atoms with Crippen LogP contribution in [0.2, 0.25) is 0 Å². The number of rotatable bonds is 2. The molecule has 2 aromatic rings. The summed E-state index contributed by atoms with van der Waals surface area (Å²) >= 11 is 0. The number of aromatic hydroxyl groups is 2. The van der Waals surface area contributed by atoms with Crippen molar-refractivity contribution in [2.45, 2.75) is 37.9 Å². The predicted molar refractivity (Wildman–Crippen MR) is 107 cm³/mol. The molecule has 2 heterocycles. The Labute approximate surface area is 164 Å². The van der Waals surface area contributed by atoms with E-state index in [1.807, 2.05) is 35.2 Å². The molecule has 0 aliphatic carbocycles. The summed E-state index contributed by atoms with van der Waals surface area (Å²) in [5.41, 5.74) is 2.13. The highest BCUT2D eigenvalue weighted by atomic mass is 16.3. The number of piperidine rings is 1. The van der Waals surface area contributed by atoms with E-state index in [1.165, 1.54) is 0 Å². The zero-order valence-electron chi connectivity index (χ0n) is 15.9. The van der Waals surface area contributed by atoms with E-state index < -0.39 is 5.66 Å². The Balaban J connectivity index is 1.71. The van der Waals surface area contributed by atoms with E-state index in [0.717, 1.165) is 16.8 Å². The highest BCUT2D eigenvalue weighted by molar-refractivity contribution is 6.02. The number of amides is 1. The van der Waals surface area contributed by atoms with Gasteiger partial charge in [-0.3, -0.25) is 15.1 Å². The number of carbonyl (C=O) groups excluding carboxylic acids is 1. The van der Waals surface area contributed by atoms with E-state index in [2.05, 4.69) is 5.32 Å². The number of likely N-dealkylation sites (tertiary alicyclic amines) is 1. The van der Waals surface area contributed by atoms with Crippen LogP contribution in [0.25, 0.3) is 0 Å². The highest BCUT2D eigenvalue weighted by Gasteiger charge is 2.41. The van der Waals surface area contributed by atoms with Crippen LogP contribution in [0.15, 0.2) is 53.5 Å². The van der Waals surface area contributed by atoms with E-state index in [4.69, 9.17) is 4.99 Å². The van der Waals surface area contributed by atoms with Crippen LogP contribution >= 0.6 is 0 Å². The minimum absolute atomic E-state index is 0.0834. The number of phenolic OH excluding ortho intramolecular Hbond substituents is 2. The molecule has 0 unspecified atom stereocenters. The van der Waals surface area contributed by atoms with Gasteiger partial charge in [-0.2, -0.15) is 0 Å². The SMILES string of the molecule is CC(=O)N1CCC2(CC1)N=C(c1cccc(O)c1)C[C@@H](c1ccccc1O)N2. The Morgan fingerprint density at radius 2 is 1.89 bits per heavy atom. The summed E-state index contributed by atoms with van der Waals surface area (Å²) in [5.74, 6) is 0.548. The minimum Gasteiger partial charge on any atom is -0.508 e. The standard InChI is InChI=1S/C22H25N3O3/c1-15(26)25-11-9-22(10-12-25)23-19(16-5-4-6-17(27)13-16)14-20(24-22)18-7-2-3-8-21(18)28/h2-8,13,20,24,27-28H,9-12,14H2,1H3/t20-/m0/s1. The van der Waals surface area contributed by atoms with E-state index >= 15 is 0 Å². The molecular weight excluding hydrogens is 354 g/mol. The van der Waals surface area contributed by atoms with Gasteiger partial charge in [-0.1, -0.05) is 30.3 Å². The lowest BCUT2D eigenvalue weighted by atomic mass is 9.87. The second-order valence-electron chi connectivity index (χ2n) is 7.61. The third-order valence-electron chi connectivity index (χ3n) is 5.72. The zero-order chi connectivity index (χ0) is 19.7. The monoisotopic (exact) mass is 379 g/mol. The third-order valence-corrected chi connectivity index (χ3v) is 5.72. The number of aliphatic imine (C=N–C) groups is 1. The molecule has 2 aliphatic rings. The first-order valence-electron chi connectivity index (χ1n) is 9.65. The number of nitrogens with zero attached hydrogens (tertiary/aromatic N) is 2. The molecule has 2 aromatic carbocycles. The molecule has 0 aromatic heterocycles. The van der Waals surface area contributed by atoms with Gasteiger partial charge in [-0.15, -0.1) is 0 Å². The number of nitrogens with one attached hydrogen (secondary N) is 1. The fraction of sp³-hybridized carbons (Fsp3) is 0.364. The first-order chi connectivity index (χ1) is 13.5. The van der Waals surface area contributed by atoms with Crippen molar-refractivity contribution < 1.29 is 15.0 Å². The molecule has 0 radical (unpaired) electrons. The summed E-state index contributed by atoms with van der Waals surface area (Å²) in [7, 11) is 0. The van der Waals surface area contributed by atoms with E-state index in [1.54, 1.807) is 25.1 Å². The lowest BCUT2D eigenvalue weighted by Gasteiger charge is -2.45. The average molecular weight is 379 g/mol. The molecule has 28 heavy (non-hydrogen) atoms. The normalized spacial score (nSPS) is 21.4. The van der Waals surface area contributed by atoms with Gasteiger partial charge in [0, 0.05) is 56.6 Å². The van der Waals surface area contributed by atoms with Crippen molar-refractivity contribution >= 4 is 11.6 Å². The summed E-state index contributed by atoms with van der Waals surface area (Å²) in [6, 6.07) is 14.4. The molecule has 1 atom stereocenters. The van der Waals surface area contributed by atoms with Crippen LogP contribution in [0.5, 0.6) is 11.5 Å². The van der Waals surface area contributed by atoms with Crippen molar-refractivity contribution in [2.24, 2.45) is 4.99 Å².